The van der Waals surface area contributed by atoms with E-state index in [0.29, 0.717) is 15.4 Å². The first-order chi connectivity index (χ1) is 18.3. The molecule has 0 bridgehead atoms. The second kappa shape index (κ2) is 11.4. The number of ether oxygens (including phenoxy) is 2. The quantitative estimate of drug-likeness (QED) is 0.0688. The number of methoxy groups -OCH3 is 1. The van der Waals surface area contributed by atoms with Gasteiger partial charge in [0.1, 0.15) is 28.8 Å². The van der Waals surface area contributed by atoms with Gasteiger partial charge < -0.3 is 14.8 Å². The van der Waals surface area contributed by atoms with Crippen molar-refractivity contribution in [2.75, 3.05) is 12.4 Å². The highest BCUT2D eigenvalue weighted by Crippen LogP contribution is 2.31. The Bertz CT molecular complexity index is 1650. The van der Waals surface area contributed by atoms with Crippen LogP contribution in [0.2, 0.25) is 0 Å². The number of rotatable bonds is 7. The average Bonchev–Trinajstić information content (AvgIpc) is 2.92. The number of nitrogens with one attached hydrogen (secondary N) is 1. The van der Waals surface area contributed by atoms with Gasteiger partial charge in [-0.3, -0.25) is 14.9 Å². The SMILES string of the molecule is COc1ccc(NC(=O)/C(C#N)=C/c2cc(Br)ccc2OC(=O)c2cccc3ccccc23)c([N+](=O)[O-])c1. The first kappa shape index (κ1) is 26.1. The molecule has 10 heteroatoms. The van der Waals surface area contributed by atoms with Crippen molar-refractivity contribution in [2.24, 2.45) is 0 Å². The molecule has 38 heavy (non-hydrogen) atoms. The van der Waals surface area contributed by atoms with E-state index in [0.717, 1.165) is 11.5 Å². The van der Waals surface area contributed by atoms with Crippen molar-refractivity contribution in [1.82, 2.24) is 0 Å². The predicted octanol–water partition coefficient (Wildman–Crippen LogP) is 6.28. The molecule has 0 aliphatic rings. The van der Waals surface area contributed by atoms with Crippen LogP contribution in [0.4, 0.5) is 11.4 Å². The third-order valence-electron chi connectivity index (χ3n) is 5.50. The number of hydrogen-bond acceptors (Lipinski definition) is 7. The lowest BCUT2D eigenvalue weighted by Crippen LogP contribution is -2.15. The van der Waals surface area contributed by atoms with Crippen LogP contribution in [0.15, 0.2) is 88.9 Å². The maximum atomic E-state index is 13.1. The topological polar surface area (TPSA) is 132 Å². The molecule has 1 N–H and O–H groups in total. The molecule has 0 heterocycles. The molecule has 0 spiro atoms. The van der Waals surface area contributed by atoms with Crippen LogP contribution >= 0.6 is 15.9 Å². The van der Waals surface area contributed by atoms with Crippen LogP contribution in [0.5, 0.6) is 11.5 Å². The minimum Gasteiger partial charge on any atom is -0.496 e. The molecule has 188 valence electrons. The summed E-state index contributed by atoms with van der Waals surface area (Å²) < 4.78 is 11.3. The fourth-order valence-electron chi connectivity index (χ4n) is 3.67. The fraction of sp³-hybridized carbons (Fsp3) is 0.0357. The zero-order chi connectivity index (χ0) is 27.2. The zero-order valence-corrected chi connectivity index (χ0v) is 21.4. The standard InChI is InChI=1S/C28H18BrN3O6/c1-37-21-10-11-24(25(15-21)32(35)36)31-27(33)19(16-30)13-18-14-20(29)9-12-26(18)38-28(34)23-8-4-6-17-5-2-3-7-22(17)23/h2-15H,1H3,(H,31,33)/b19-13+. The van der Waals surface area contributed by atoms with Crippen molar-refractivity contribution in [2.45, 2.75) is 0 Å². The lowest BCUT2D eigenvalue weighted by Gasteiger charge is -2.11. The van der Waals surface area contributed by atoms with Crippen LogP contribution in [0.1, 0.15) is 15.9 Å². The van der Waals surface area contributed by atoms with Gasteiger partial charge in [-0.05, 0) is 53.2 Å². The van der Waals surface area contributed by atoms with Gasteiger partial charge in [0.25, 0.3) is 11.6 Å². The molecule has 4 rings (SSSR count). The van der Waals surface area contributed by atoms with E-state index < -0.39 is 22.5 Å². The van der Waals surface area contributed by atoms with E-state index in [2.05, 4.69) is 21.2 Å². The van der Waals surface area contributed by atoms with E-state index in [-0.39, 0.29) is 28.3 Å². The van der Waals surface area contributed by atoms with E-state index in [1.807, 2.05) is 30.3 Å². The Morgan fingerprint density at radius 3 is 2.55 bits per heavy atom. The highest BCUT2D eigenvalue weighted by atomic mass is 79.9. The Labute approximate surface area is 225 Å². The summed E-state index contributed by atoms with van der Waals surface area (Å²) in [5.74, 6) is -1.15. The summed E-state index contributed by atoms with van der Waals surface area (Å²) in [5.41, 5.74) is -0.258. The number of anilines is 1. The van der Waals surface area contributed by atoms with E-state index >= 15 is 0 Å². The van der Waals surface area contributed by atoms with Crippen LogP contribution in [-0.2, 0) is 4.79 Å². The Hall–Kier alpha value is -5.01. The van der Waals surface area contributed by atoms with Gasteiger partial charge in [0.05, 0.1) is 23.7 Å². The van der Waals surface area contributed by atoms with Gasteiger partial charge in [-0.15, -0.1) is 0 Å². The molecule has 0 saturated carbocycles. The number of carbonyl (C=O) groups excluding carboxylic acids is 2. The number of hydrogen-bond donors (Lipinski definition) is 1. The van der Waals surface area contributed by atoms with Crippen molar-refractivity contribution >= 4 is 56.0 Å². The minimum absolute atomic E-state index is 0.112. The van der Waals surface area contributed by atoms with Gasteiger partial charge in [-0.2, -0.15) is 5.26 Å². The number of nitrogens with zero attached hydrogens (tertiary/aromatic N) is 2. The van der Waals surface area contributed by atoms with Gasteiger partial charge >= 0.3 is 5.97 Å². The second-order valence-electron chi connectivity index (χ2n) is 7.86. The second-order valence-corrected chi connectivity index (χ2v) is 8.78. The molecule has 0 unspecified atom stereocenters. The zero-order valence-electron chi connectivity index (χ0n) is 19.8. The number of esters is 1. The molecular formula is C28H18BrN3O6. The predicted molar refractivity (Wildman–Crippen MR) is 145 cm³/mol. The first-order valence-electron chi connectivity index (χ1n) is 11.1. The van der Waals surface area contributed by atoms with Crippen LogP contribution in [0.25, 0.3) is 16.8 Å². The van der Waals surface area contributed by atoms with E-state index in [1.54, 1.807) is 30.3 Å². The number of fused-ring (bicyclic) bond motifs is 1. The largest absolute Gasteiger partial charge is 0.496 e. The Morgan fingerprint density at radius 2 is 1.82 bits per heavy atom. The number of nitro groups is 1. The van der Waals surface area contributed by atoms with Crippen molar-refractivity contribution in [1.29, 1.82) is 5.26 Å². The summed E-state index contributed by atoms with van der Waals surface area (Å²) in [5, 5.41) is 25.1. The summed E-state index contributed by atoms with van der Waals surface area (Å²) in [6.07, 6.45) is 1.24. The van der Waals surface area contributed by atoms with Crippen molar-refractivity contribution < 1.29 is 24.0 Å². The molecule has 4 aromatic rings. The lowest BCUT2D eigenvalue weighted by atomic mass is 10.0. The first-order valence-corrected chi connectivity index (χ1v) is 11.8. The molecule has 1 amide bonds. The van der Waals surface area contributed by atoms with Gasteiger partial charge in [0.2, 0.25) is 0 Å². The van der Waals surface area contributed by atoms with E-state index in [1.165, 1.54) is 31.4 Å². The smallest absolute Gasteiger partial charge is 0.344 e. The van der Waals surface area contributed by atoms with Gasteiger partial charge in [0.15, 0.2) is 0 Å². The summed E-state index contributed by atoms with van der Waals surface area (Å²) in [6, 6.07) is 23.1. The Morgan fingerprint density at radius 1 is 1.05 bits per heavy atom. The molecule has 0 aromatic heterocycles. The van der Waals surface area contributed by atoms with Crippen LogP contribution in [0.3, 0.4) is 0 Å². The van der Waals surface area contributed by atoms with Gasteiger partial charge in [-0.1, -0.05) is 52.3 Å². The molecule has 0 fully saturated rings. The average molecular weight is 572 g/mol. The number of nitriles is 1. The number of amides is 1. The summed E-state index contributed by atoms with van der Waals surface area (Å²) >= 11 is 3.34. The number of nitro benzene ring substituents is 1. The van der Waals surface area contributed by atoms with Crippen molar-refractivity contribution in [3.63, 3.8) is 0 Å². The molecule has 9 nitrogen and oxygen atoms in total. The van der Waals surface area contributed by atoms with Crippen molar-refractivity contribution in [3.05, 3.63) is 110 Å². The maximum absolute atomic E-state index is 13.1. The van der Waals surface area contributed by atoms with Gasteiger partial charge in [0, 0.05) is 10.0 Å². The van der Waals surface area contributed by atoms with Crippen LogP contribution in [-0.4, -0.2) is 23.9 Å². The minimum atomic E-state index is -0.882. The third-order valence-corrected chi connectivity index (χ3v) is 5.99. The van der Waals surface area contributed by atoms with Crippen LogP contribution in [0, 0.1) is 21.4 Å². The van der Waals surface area contributed by atoms with Crippen LogP contribution < -0.4 is 14.8 Å². The molecule has 0 saturated heterocycles. The molecule has 0 atom stereocenters. The third kappa shape index (κ3) is 5.69. The van der Waals surface area contributed by atoms with E-state index in [9.17, 15) is 25.0 Å². The lowest BCUT2D eigenvalue weighted by molar-refractivity contribution is -0.384. The number of carbonyl (C=O) groups is 2. The number of benzene rings is 4. The van der Waals surface area contributed by atoms with Gasteiger partial charge in [-0.25, -0.2) is 4.79 Å². The molecule has 0 aliphatic heterocycles. The highest BCUT2D eigenvalue weighted by molar-refractivity contribution is 9.10. The van der Waals surface area contributed by atoms with Crippen molar-refractivity contribution in [3.8, 4) is 17.6 Å². The fourth-order valence-corrected chi connectivity index (χ4v) is 4.05. The Kier molecular flexibility index (Phi) is 7.80. The molecule has 4 aromatic carbocycles. The summed E-state index contributed by atoms with van der Waals surface area (Å²) in [4.78, 5) is 36.7. The normalized spacial score (nSPS) is 10.9. The Balaban J connectivity index is 1.65. The monoisotopic (exact) mass is 571 g/mol. The highest BCUT2D eigenvalue weighted by Gasteiger charge is 2.20. The molecule has 0 aliphatic carbocycles. The molecule has 0 radical (unpaired) electrons. The number of halogens is 1. The maximum Gasteiger partial charge on any atom is 0.344 e. The molecular weight excluding hydrogens is 554 g/mol. The summed E-state index contributed by atoms with van der Waals surface area (Å²) in [7, 11) is 1.36. The summed E-state index contributed by atoms with van der Waals surface area (Å²) in [6.45, 7) is 0. The van der Waals surface area contributed by atoms with E-state index in [4.69, 9.17) is 9.47 Å².